The summed E-state index contributed by atoms with van der Waals surface area (Å²) in [7, 11) is 0. The van der Waals surface area contributed by atoms with E-state index in [2.05, 4.69) is 0 Å². The number of hydrogen-bond donors (Lipinski definition) is 2. The fourth-order valence-corrected chi connectivity index (χ4v) is 1.91. The highest BCUT2D eigenvalue weighted by Crippen LogP contribution is 2.34. The Morgan fingerprint density at radius 3 is 2.22 bits per heavy atom. The van der Waals surface area contributed by atoms with E-state index < -0.39 is 5.60 Å². The van der Waals surface area contributed by atoms with Crippen LogP contribution in [0.25, 0.3) is 0 Å². The van der Waals surface area contributed by atoms with Crippen molar-refractivity contribution in [1.29, 1.82) is 5.26 Å². The van der Waals surface area contributed by atoms with E-state index in [0.717, 1.165) is 0 Å². The van der Waals surface area contributed by atoms with Crippen molar-refractivity contribution in [2.45, 2.75) is 12.5 Å². The molecule has 0 saturated heterocycles. The Hall–Kier alpha value is -2.31. The lowest BCUT2D eigenvalue weighted by Gasteiger charge is -2.25. The molecule has 2 aromatic rings. The summed E-state index contributed by atoms with van der Waals surface area (Å²) in [5, 5.41) is 29.1. The number of aliphatic hydroxyl groups is 1. The summed E-state index contributed by atoms with van der Waals surface area (Å²) in [5.74, 6) is 0.0480. The molecule has 2 N–H and O–H groups in total. The summed E-state index contributed by atoms with van der Waals surface area (Å²) in [6.45, 7) is 1.61. The second-order valence-electron chi connectivity index (χ2n) is 4.28. The molecule has 0 fully saturated rings. The topological polar surface area (TPSA) is 64.2 Å². The number of phenols is 1. The van der Waals surface area contributed by atoms with Crippen LogP contribution in [0.15, 0.2) is 48.5 Å². The maximum absolute atomic E-state index is 10.6. The summed E-state index contributed by atoms with van der Waals surface area (Å²) in [6, 6.07) is 15.4. The van der Waals surface area contributed by atoms with Gasteiger partial charge in [0.15, 0.2) is 0 Å². The first-order chi connectivity index (χ1) is 8.55. The van der Waals surface area contributed by atoms with Crippen LogP contribution in [0.4, 0.5) is 0 Å². The minimum atomic E-state index is -1.29. The molecule has 0 bridgehead atoms. The van der Waals surface area contributed by atoms with Crippen molar-refractivity contribution in [2.75, 3.05) is 0 Å². The van der Waals surface area contributed by atoms with Crippen LogP contribution in [0.2, 0.25) is 0 Å². The van der Waals surface area contributed by atoms with Crippen LogP contribution in [-0.4, -0.2) is 10.2 Å². The molecule has 90 valence electrons. The molecule has 2 aromatic carbocycles. The van der Waals surface area contributed by atoms with Crippen molar-refractivity contribution in [1.82, 2.24) is 0 Å². The van der Waals surface area contributed by atoms with Crippen LogP contribution < -0.4 is 0 Å². The van der Waals surface area contributed by atoms with Crippen LogP contribution in [0.1, 0.15) is 23.6 Å². The van der Waals surface area contributed by atoms with E-state index in [-0.39, 0.29) is 5.75 Å². The molecule has 1 atom stereocenters. The quantitative estimate of drug-likeness (QED) is 0.846. The Balaban J connectivity index is 2.48. The number of hydrogen-bond acceptors (Lipinski definition) is 3. The van der Waals surface area contributed by atoms with Crippen LogP contribution in [0.3, 0.4) is 0 Å². The number of aromatic hydroxyl groups is 1. The van der Waals surface area contributed by atoms with Crippen molar-refractivity contribution in [2.24, 2.45) is 0 Å². The van der Waals surface area contributed by atoms with Gasteiger partial charge in [-0.15, -0.1) is 0 Å². The molecule has 3 nitrogen and oxygen atoms in total. The molecule has 0 aliphatic carbocycles. The number of para-hydroxylation sites is 1. The Bertz CT molecular complexity index is 595. The first-order valence-electron chi connectivity index (χ1n) is 5.57. The average Bonchev–Trinajstić information content (AvgIpc) is 2.39. The standard InChI is InChI=1S/C15H13NO2/c1-15(18,13-4-2-3-5-14(13)17)12-8-6-11(10-16)7-9-12/h2-9,17-18H,1H3. The monoisotopic (exact) mass is 239 g/mol. The van der Waals surface area contributed by atoms with Gasteiger partial charge >= 0.3 is 0 Å². The van der Waals surface area contributed by atoms with Gasteiger partial charge in [0.25, 0.3) is 0 Å². The molecular weight excluding hydrogens is 226 g/mol. The number of nitrogens with zero attached hydrogens (tertiary/aromatic N) is 1. The second-order valence-corrected chi connectivity index (χ2v) is 4.28. The molecule has 2 rings (SSSR count). The number of nitriles is 1. The lowest BCUT2D eigenvalue weighted by Crippen LogP contribution is -2.22. The van der Waals surface area contributed by atoms with E-state index in [1.807, 2.05) is 6.07 Å². The first kappa shape index (κ1) is 12.2. The lowest BCUT2D eigenvalue weighted by molar-refractivity contribution is 0.0992. The molecule has 0 spiro atoms. The van der Waals surface area contributed by atoms with Gasteiger partial charge in [-0.3, -0.25) is 0 Å². The van der Waals surface area contributed by atoms with E-state index >= 15 is 0 Å². The van der Waals surface area contributed by atoms with E-state index in [4.69, 9.17) is 5.26 Å². The molecule has 0 aliphatic rings. The summed E-state index contributed by atoms with van der Waals surface area (Å²) in [6.07, 6.45) is 0. The van der Waals surface area contributed by atoms with Gasteiger partial charge in [-0.2, -0.15) is 5.26 Å². The highest BCUT2D eigenvalue weighted by atomic mass is 16.3. The zero-order chi connectivity index (χ0) is 13.2. The fourth-order valence-electron chi connectivity index (χ4n) is 1.91. The minimum absolute atomic E-state index is 0.0480. The summed E-state index contributed by atoms with van der Waals surface area (Å²) >= 11 is 0. The summed E-state index contributed by atoms with van der Waals surface area (Å²) < 4.78 is 0. The van der Waals surface area contributed by atoms with Gasteiger partial charge in [-0.1, -0.05) is 30.3 Å². The Morgan fingerprint density at radius 2 is 1.67 bits per heavy atom. The van der Waals surface area contributed by atoms with Crippen LogP contribution in [0, 0.1) is 11.3 Å². The van der Waals surface area contributed by atoms with Crippen LogP contribution in [0.5, 0.6) is 5.75 Å². The maximum atomic E-state index is 10.6. The summed E-state index contributed by atoms with van der Waals surface area (Å²) in [4.78, 5) is 0. The summed E-state index contributed by atoms with van der Waals surface area (Å²) in [5.41, 5.74) is 0.309. The Kier molecular flexibility index (Phi) is 3.05. The molecule has 0 saturated carbocycles. The predicted molar refractivity (Wildman–Crippen MR) is 67.9 cm³/mol. The molecule has 18 heavy (non-hydrogen) atoms. The predicted octanol–water partition coefficient (Wildman–Crippen LogP) is 2.52. The van der Waals surface area contributed by atoms with E-state index in [1.165, 1.54) is 6.07 Å². The van der Waals surface area contributed by atoms with Crippen LogP contribution in [-0.2, 0) is 5.60 Å². The minimum Gasteiger partial charge on any atom is -0.508 e. The van der Waals surface area contributed by atoms with Gasteiger partial charge in [0.2, 0.25) is 0 Å². The van der Waals surface area contributed by atoms with Crippen molar-refractivity contribution < 1.29 is 10.2 Å². The normalized spacial score (nSPS) is 13.6. The number of benzene rings is 2. The molecular formula is C15H13NO2. The Morgan fingerprint density at radius 1 is 1.06 bits per heavy atom. The molecule has 0 heterocycles. The number of phenolic OH excluding ortho intramolecular Hbond substituents is 1. The smallest absolute Gasteiger partial charge is 0.122 e. The molecule has 0 radical (unpaired) electrons. The first-order valence-corrected chi connectivity index (χ1v) is 5.57. The van der Waals surface area contributed by atoms with E-state index in [0.29, 0.717) is 16.7 Å². The Labute approximate surface area is 106 Å². The second kappa shape index (κ2) is 4.52. The van der Waals surface area contributed by atoms with Crippen molar-refractivity contribution in [3.63, 3.8) is 0 Å². The SMILES string of the molecule is CC(O)(c1ccc(C#N)cc1)c1ccccc1O. The van der Waals surface area contributed by atoms with Gasteiger partial charge in [0, 0.05) is 5.56 Å². The zero-order valence-corrected chi connectivity index (χ0v) is 9.96. The van der Waals surface area contributed by atoms with Crippen molar-refractivity contribution >= 4 is 0 Å². The van der Waals surface area contributed by atoms with Gasteiger partial charge in [0.05, 0.1) is 11.6 Å². The average molecular weight is 239 g/mol. The third-order valence-electron chi connectivity index (χ3n) is 3.00. The maximum Gasteiger partial charge on any atom is 0.122 e. The van der Waals surface area contributed by atoms with Crippen molar-refractivity contribution in [3.8, 4) is 11.8 Å². The largest absolute Gasteiger partial charge is 0.508 e. The van der Waals surface area contributed by atoms with Gasteiger partial charge in [-0.05, 0) is 30.7 Å². The zero-order valence-electron chi connectivity index (χ0n) is 9.96. The lowest BCUT2D eigenvalue weighted by atomic mass is 9.87. The molecule has 0 aromatic heterocycles. The highest BCUT2D eigenvalue weighted by Gasteiger charge is 2.28. The molecule has 3 heteroatoms. The third-order valence-corrected chi connectivity index (χ3v) is 3.00. The van der Waals surface area contributed by atoms with Crippen LogP contribution >= 0.6 is 0 Å². The van der Waals surface area contributed by atoms with Gasteiger partial charge < -0.3 is 10.2 Å². The number of rotatable bonds is 2. The fraction of sp³-hybridized carbons (Fsp3) is 0.133. The molecule has 1 unspecified atom stereocenters. The van der Waals surface area contributed by atoms with E-state index in [1.54, 1.807) is 49.4 Å². The highest BCUT2D eigenvalue weighted by molar-refractivity contribution is 5.44. The van der Waals surface area contributed by atoms with Gasteiger partial charge in [0.1, 0.15) is 11.4 Å². The van der Waals surface area contributed by atoms with Crippen molar-refractivity contribution in [3.05, 3.63) is 65.2 Å². The third kappa shape index (κ3) is 2.06. The molecule has 0 aliphatic heterocycles. The molecule has 0 amide bonds. The van der Waals surface area contributed by atoms with Gasteiger partial charge in [-0.25, -0.2) is 0 Å². The van der Waals surface area contributed by atoms with E-state index in [9.17, 15) is 10.2 Å².